The summed E-state index contributed by atoms with van der Waals surface area (Å²) in [6.45, 7) is 5.87. The fourth-order valence-electron chi connectivity index (χ4n) is 2.50. The van der Waals surface area contributed by atoms with E-state index in [0.717, 1.165) is 44.8 Å². The van der Waals surface area contributed by atoms with E-state index in [2.05, 4.69) is 32.3 Å². The molecule has 1 aromatic heterocycles. The second-order valence-electron chi connectivity index (χ2n) is 5.52. The Morgan fingerprint density at radius 3 is 2.87 bits per heavy atom. The third-order valence-electron chi connectivity index (χ3n) is 3.83. The van der Waals surface area contributed by atoms with Gasteiger partial charge in [0.25, 0.3) is 5.91 Å². The van der Waals surface area contributed by atoms with E-state index in [9.17, 15) is 4.79 Å². The largest absolute Gasteiger partial charge is 0.378 e. The van der Waals surface area contributed by atoms with Gasteiger partial charge in [-0.3, -0.25) is 4.79 Å². The highest BCUT2D eigenvalue weighted by Gasteiger charge is 2.14. The maximum absolute atomic E-state index is 12.0. The lowest BCUT2D eigenvalue weighted by atomic mass is 10.2. The van der Waals surface area contributed by atoms with E-state index < -0.39 is 0 Å². The van der Waals surface area contributed by atoms with Crippen molar-refractivity contribution in [2.24, 2.45) is 0 Å². The number of anilines is 1. The number of carbonyl (C=O) groups is 1. The molecule has 23 heavy (non-hydrogen) atoms. The minimum Gasteiger partial charge on any atom is -0.378 e. The Hall–Kier alpha value is -2.28. The molecular weight excluding hydrogens is 294 g/mol. The Bertz CT molecular complexity index is 685. The lowest BCUT2D eigenvalue weighted by molar-refractivity contribution is 0.0942. The molecular formula is C16H21N5O2. The van der Waals surface area contributed by atoms with Crippen molar-refractivity contribution in [3.8, 4) is 0 Å². The Morgan fingerprint density at radius 1 is 1.26 bits per heavy atom. The van der Waals surface area contributed by atoms with Gasteiger partial charge in [-0.1, -0.05) is 13.3 Å². The maximum atomic E-state index is 12.0. The quantitative estimate of drug-likeness (QED) is 0.840. The molecule has 0 bridgehead atoms. The van der Waals surface area contributed by atoms with Crippen LogP contribution < -0.4 is 10.2 Å². The predicted molar refractivity (Wildman–Crippen MR) is 87.6 cm³/mol. The van der Waals surface area contributed by atoms with Crippen molar-refractivity contribution in [3.63, 3.8) is 0 Å². The number of unbranched alkanes of at least 4 members (excludes halogenated alkanes) is 1. The van der Waals surface area contributed by atoms with Crippen LogP contribution in [0.25, 0.3) is 11.0 Å². The lowest BCUT2D eigenvalue weighted by Crippen LogP contribution is -2.36. The van der Waals surface area contributed by atoms with E-state index >= 15 is 0 Å². The molecule has 1 N–H and O–H groups in total. The van der Waals surface area contributed by atoms with Gasteiger partial charge in [-0.05, 0) is 24.6 Å². The van der Waals surface area contributed by atoms with E-state index in [-0.39, 0.29) is 11.7 Å². The zero-order valence-corrected chi connectivity index (χ0v) is 13.3. The first-order valence-electron chi connectivity index (χ1n) is 8.03. The second-order valence-corrected chi connectivity index (χ2v) is 5.52. The van der Waals surface area contributed by atoms with Crippen LogP contribution in [0.5, 0.6) is 0 Å². The summed E-state index contributed by atoms with van der Waals surface area (Å²) >= 11 is 0. The van der Waals surface area contributed by atoms with Crippen molar-refractivity contribution >= 4 is 22.6 Å². The number of hydrogen-bond donors (Lipinski definition) is 1. The number of rotatable bonds is 5. The number of hydrogen-bond acceptors (Lipinski definition) is 6. The van der Waals surface area contributed by atoms with Crippen molar-refractivity contribution in [3.05, 3.63) is 24.0 Å². The number of morpholine rings is 1. The van der Waals surface area contributed by atoms with E-state index in [1.165, 1.54) is 0 Å². The predicted octanol–water partition coefficient (Wildman–Crippen LogP) is 1.39. The highest BCUT2D eigenvalue weighted by Crippen LogP contribution is 2.20. The molecule has 3 rings (SSSR count). The van der Waals surface area contributed by atoms with E-state index in [1.54, 1.807) is 0 Å². The van der Waals surface area contributed by atoms with Crippen molar-refractivity contribution in [1.82, 2.24) is 20.5 Å². The summed E-state index contributed by atoms with van der Waals surface area (Å²) in [6, 6.07) is 5.85. The molecule has 1 aliphatic heterocycles. The van der Waals surface area contributed by atoms with Gasteiger partial charge < -0.3 is 15.0 Å². The molecule has 2 heterocycles. The van der Waals surface area contributed by atoms with Gasteiger partial charge in [0, 0.05) is 25.3 Å². The van der Waals surface area contributed by atoms with Crippen molar-refractivity contribution in [2.45, 2.75) is 19.8 Å². The van der Waals surface area contributed by atoms with Gasteiger partial charge in [0.2, 0.25) is 5.82 Å². The fourth-order valence-corrected chi connectivity index (χ4v) is 2.50. The highest BCUT2D eigenvalue weighted by molar-refractivity contribution is 5.92. The molecule has 1 amide bonds. The van der Waals surface area contributed by atoms with Crippen LogP contribution in [0, 0.1) is 0 Å². The third kappa shape index (κ3) is 3.73. The summed E-state index contributed by atoms with van der Waals surface area (Å²) in [5, 5.41) is 10.8. The standard InChI is InChI=1S/C16H21N5O2/c1-2-3-6-17-16(22)15-18-14-11-12(4-5-13(14)19-20-15)21-7-9-23-10-8-21/h4-5,11H,2-3,6-10H2,1H3,(H,17,22). The molecule has 0 saturated carbocycles. The topological polar surface area (TPSA) is 80.2 Å². The Balaban J connectivity index is 1.81. The van der Waals surface area contributed by atoms with Gasteiger partial charge in [0.1, 0.15) is 5.52 Å². The Morgan fingerprint density at radius 2 is 2.09 bits per heavy atom. The van der Waals surface area contributed by atoms with E-state index in [0.29, 0.717) is 17.6 Å². The first-order chi connectivity index (χ1) is 11.3. The molecule has 0 atom stereocenters. The van der Waals surface area contributed by atoms with Crippen LogP contribution >= 0.6 is 0 Å². The molecule has 7 nitrogen and oxygen atoms in total. The molecule has 0 radical (unpaired) electrons. The van der Waals surface area contributed by atoms with Gasteiger partial charge in [-0.25, -0.2) is 4.98 Å². The van der Waals surface area contributed by atoms with Crippen LogP contribution in [0.1, 0.15) is 30.4 Å². The third-order valence-corrected chi connectivity index (χ3v) is 3.83. The number of ether oxygens (including phenoxy) is 1. The van der Waals surface area contributed by atoms with Crippen molar-refractivity contribution in [2.75, 3.05) is 37.7 Å². The summed E-state index contributed by atoms with van der Waals surface area (Å²) in [7, 11) is 0. The number of fused-ring (bicyclic) bond motifs is 1. The first kappa shape index (κ1) is 15.6. The maximum Gasteiger partial charge on any atom is 0.291 e. The van der Waals surface area contributed by atoms with Gasteiger partial charge in [-0.2, -0.15) is 0 Å². The SMILES string of the molecule is CCCCNC(=O)c1nnc2ccc(N3CCOCC3)cc2n1. The summed E-state index contributed by atoms with van der Waals surface area (Å²) in [4.78, 5) is 18.7. The molecule has 0 spiro atoms. The first-order valence-corrected chi connectivity index (χ1v) is 8.03. The zero-order chi connectivity index (χ0) is 16.1. The van der Waals surface area contributed by atoms with Crippen LogP contribution in [-0.4, -0.2) is 53.9 Å². The number of benzene rings is 1. The van der Waals surface area contributed by atoms with Crippen LogP contribution in [0.4, 0.5) is 5.69 Å². The van der Waals surface area contributed by atoms with E-state index in [1.807, 2.05) is 18.2 Å². The lowest BCUT2D eigenvalue weighted by Gasteiger charge is -2.28. The highest BCUT2D eigenvalue weighted by atomic mass is 16.5. The summed E-state index contributed by atoms with van der Waals surface area (Å²) in [6.07, 6.45) is 1.97. The van der Waals surface area contributed by atoms with Crippen LogP contribution in [-0.2, 0) is 4.74 Å². The smallest absolute Gasteiger partial charge is 0.291 e. The second kappa shape index (κ2) is 7.32. The van der Waals surface area contributed by atoms with Gasteiger partial charge in [-0.15, -0.1) is 10.2 Å². The minimum absolute atomic E-state index is 0.118. The van der Waals surface area contributed by atoms with Crippen LogP contribution in [0.15, 0.2) is 18.2 Å². The Labute approximate surface area is 135 Å². The Kier molecular flexibility index (Phi) is 4.97. The number of carbonyl (C=O) groups excluding carboxylic acids is 1. The van der Waals surface area contributed by atoms with Crippen LogP contribution in [0.2, 0.25) is 0 Å². The number of nitrogens with zero attached hydrogens (tertiary/aromatic N) is 4. The average Bonchev–Trinajstić information content (AvgIpc) is 2.61. The minimum atomic E-state index is -0.273. The van der Waals surface area contributed by atoms with Crippen LogP contribution in [0.3, 0.4) is 0 Å². The normalized spacial score (nSPS) is 14.9. The molecule has 2 aromatic rings. The van der Waals surface area contributed by atoms with Crippen molar-refractivity contribution < 1.29 is 9.53 Å². The average molecular weight is 315 g/mol. The number of amides is 1. The zero-order valence-electron chi connectivity index (χ0n) is 13.3. The number of nitrogens with one attached hydrogen (secondary N) is 1. The monoisotopic (exact) mass is 315 g/mol. The molecule has 1 fully saturated rings. The molecule has 1 aliphatic rings. The van der Waals surface area contributed by atoms with Gasteiger partial charge >= 0.3 is 0 Å². The van der Waals surface area contributed by atoms with Crippen molar-refractivity contribution in [1.29, 1.82) is 0 Å². The fraction of sp³-hybridized carbons (Fsp3) is 0.500. The summed E-state index contributed by atoms with van der Waals surface area (Å²) < 4.78 is 5.37. The molecule has 1 saturated heterocycles. The summed E-state index contributed by atoms with van der Waals surface area (Å²) in [5.41, 5.74) is 2.44. The number of aromatic nitrogens is 3. The molecule has 0 unspecified atom stereocenters. The van der Waals surface area contributed by atoms with Gasteiger partial charge in [0.05, 0.1) is 18.7 Å². The molecule has 0 aliphatic carbocycles. The molecule has 122 valence electrons. The van der Waals surface area contributed by atoms with Gasteiger partial charge in [0.15, 0.2) is 0 Å². The molecule has 1 aromatic carbocycles. The summed E-state index contributed by atoms with van der Waals surface area (Å²) in [5.74, 6) is -0.155. The molecule has 7 heteroatoms. The van der Waals surface area contributed by atoms with E-state index in [4.69, 9.17) is 4.74 Å².